The predicted octanol–water partition coefficient (Wildman–Crippen LogP) is 1.32. The Morgan fingerprint density at radius 3 is 2.29 bits per heavy atom. The number of rotatable bonds is 1. The van der Waals surface area contributed by atoms with Crippen LogP contribution in [0.3, 0.4) is 0 Å². The topological polar surface area (TPSA) is 18.5 Å². The van der Waals surface area contributed by atoms with E-state index in [1.165, 1.54) is 0 Å². The van der Waals surface area contributed by atoms with E-state index in [1.54, 1.807) is 0 Å². The molecule has 0 aliphatic carbocycles. The fraction of sp³-hybridized carbons (Fsp3) is 1.00. The van der Waals surface area contributed by atoms with Crippen LogP contribution in [0.15, 0.2) is 0 Å². The highest BCUT2D eigenvalue weighted by Crippen LogP contribution is 2.18. The lowest BCUT2D eigenvalue weighted by molar-refractivity contribution is 0.0332. The standard InChI is InChI=1S/C3H6O2P2/c6-7-3-4-1-2-5-3/h3,6H,1-2H2. The van der Waals surface area contributed by atoms with Crippen molar-refractivity contribution >= 4 is 16.4 Å². The van der Waals surface area contributed by atoms with E-state index in [-0.39, 0.29) is 6.03 Å². The third-order valence-electron chi connectivity index (χ3n) is 0.710. The predicted molar refractivity (Wildman–Crippen MR) is 30.9 cm³/mol. The zero-order chi connectivity index (χ0) is 5.11. The zero-order valence-electron chi connectivity index (χ0n) is 3.76. The molecule has 40 valence electrons. The molecule has 1 heterocycles. The molecule has 4 heteroatoms. The molecule has 0 bridgehead atoms. The minimum atomic E-state index is -0.0170. The summed E-state index contributed by atoms with van der Waals surface area (Å²) in [4.78, 5) is 0. The van der Waals surface area contributed by atoms with Crippen LogP contribution in [0.25, 0.3) is 0 Å². The van der Waals surface area contributed by atoms with Gasteiger partial charge in [0.2, 0.25) is 6.03 Å². The van der Waals surface area contributed by atoms with Gasteiger partial charge in [-0.15, -0.1) is 0 Å². The van der Waals surface area contributed by atoms with Gasteiger partial charge in [0.05, 0.1) is 13.2 Å². The van der Waals surface area contributed by atoms with Gasteiger partial charge >= 0.3 is 0 Å². The lowest BCUT2D eigenvalue weighted by Gasteiger charge is -1.95. The summed E-state index contributed by atoms with van der Waals surface area (Å²) in [6.45, 7) is 1.48. The fourth-order valence-electron chi connectivity index (χ4n) is 0.421. The summed E-state index contributed by atoms with van der Waals surface area (Å²) in [5, 5.41) is 0. The van der Waals surface area contributed by atoms with Gasteiger partial charge in [-0.2, -0.15) is 0 Å². The summed E-state index contributed by atoms with van der Waals surface area (Å²) in [6.07, 6.45) is 0. The van der Waals surface area contributed by atoms with Gasteiger partial charge in [0, 0.05) is 0 Å². The molecule has 0 saturated carbocycles. The van der Waals surface area contributed by atoms with Gasteiger partial charge in [-0.05, 0) is 7.87 Å². The van der Waals surface area contributed by atoms with Crippen LogP contribution in [0.5, 0.6) is 0 Å². The number of ether oxygens (including phenoxy) is 2. The Labute approximate surface area is 46.0 Å². The van der Waals surface area contributed by atoms with Gasteiger partial charge in [-0.3, -0.25) is 0 Å². The third-order valence-corrected chi connectivity index (χ3v) is 1.85. The van der Waals surface area contributed by atoms with Crippen molar-refractivity contribution in [2.45, 2.75) is 6.03 Å². The molecule has 0 aromatic carbocycles. The van der Waals surface area contributed by atoms with Gasteiger partial charge in [0.25, 0.3) is 0 Å². The van der Waals surface area contributed by atoms with E-state index in [9.17, 15) is 0 Å². The van der Waals surface area contributed by atoms with Crippen molar-refractivity contribution in [1.82, 2.24) is 0 Å². The van der Waals surface area contributed by atoms with Crippen LogP contribution in [0.4, 0.5) is 0 Å². The SMILES string of the molecule is P=PC1OCCO1. The Kier molecular flexibility index (Phi) is 2.21. The van der Waals surface area contributed by atoms with Crippen LogP contribution in [0, 0.1) is 0 Å². The summed E-state index contributed by atoms with van der Waals surface area (Å²) < 4.78 is 10.0. The Bertz CT molecular complexity index is 69.3. The Morgan fingerprint density at radius 2 is 2.00 bits per heavy atom. The van der Waals surface area contributed by atoms with Gasteiger partial charge in [-0.1, -0.05) is 8.53 Å². The van der Waals surface area contributed by atoms with Crippen LogP contribution in [-0.2, 0) is 9.47 Å². The van der Waals surface area contributed by atoms with Gasteiger partial charge < -0.3 is 9.47 Å². The molecule has 0 aromatic heterocycles. The van der Waals surface area contributed by atoms with E-state index in [1.807, 2.05) is 0 Å². The van der Waals surface area contributed by atoms with E-state index in [0.717, 1.165) is 21.1 Å². The number of hydrogen-bond donors (Lipinski definition) is 0. The molecule has 0 amide bonds. The highest BCUT2D eigenvalue weighted by atomic mass is 31.7. The van der Waals surface area contributed by atoms with Crippen LogP contribution in [-0.4, -0.2) is 19.2 Å². The second-order valence-electron chi connectivity index (χ2n) is 1.18. The average Bonchev–Trinajstić information content (AvgIpc) is 2.14. The molecule has 0 aromatic rings. The minimum Gasteiger partial charge on any atom is -0.343 e. The second-order valence-corrected chi connectivity index (χ2v) is 2.63. The van der Waals surface area contributed by atoms with E-state index in [2.05, 4.69) is 8.53 Å². The highest BCUT2D eigenvalue weighted by Gasteiger charge is 2.10. The molecule has 0 atom stereocenters. The largest absolute Gasteiger partial charge is 0.343 e. The van der Waals surface area contributed by atoms with Crippen LogP contribution in [0.2, 0.25) is 0 Å². The highest BCUT2D eigenvalue weighted by molar-refractivity contribution is 7.74. The minimum absolute atomic E-state index is 0.0170. The molecule has 1 fully saturated rings. The van der Waals surface area contributed by atoms with E-state index in [4.69, 9.17) is 9.47 Å². The molecule has 0 radical (unpaired) electrons. The van der Waals surface area contributed by atoms with Crippen molar-refractivity contribution in [2.24, 2.45) is 0 Å². The Hall–Kier alpha value is 0.520. The molecule has 1 rings (SSSR count). The first-order chi connectivity index (χ1) is 3.43. The summed E-state index contributed by atoms with van der Waals surface area (Å²) in [6, 6.07) is -0.0170. The lowest BCUT2D eigenvalue weighted by atomic mass is 10.8. The molecule has 2 nitrogen and oxygen atoms in total. The van der Waals surface area contributed by atoms with Crippen molar-refractivity contribution in [3.05, 3.63) is 0 Å². The summed E-state index contributed by atoms with van der Waals surface area (Å²) in [7, 11) is 4.22. The fourth-order valence-corrected chi connectivity index (χ4v) is 1.23. The van der Waals surface area contributed by atoms with Gasteiger partial charge in [0.15, 0.2) is 0 Å². The smallest absolute Gasteiger partial charge is 0.204 e. The molecular formula is C3H6O2P2. The molecule has 0 spiro atoms. The van der Waals surface area contributed by atoms with Crippen molar-refractivity contribution < 1.29 is 9.47 Å². The Balaban J connectivity index is 2.26. The van der Waals surface area contributed by atoms with Crippen LogP contribution < -0.4 is 0 Å². The number of hydrogen-bond acceptors (Lipinski definition) is 2. The molecule has 0 N–H and O–H groups in total. The summed E-state index contributed by atoms with van der Waals surface area (Å²) in [5.74, 6) is 0. The molecule has 1 aliphatic heterocycles. The van der Waals surface area contributed by atoms with E-state index in [0.29, 0.717) is 0 Å². The average molecular weight is 136 g/mol. The first-order valence-corrected chi connectivity index (χ1v) is 4.34. The Morgan fingerprint density at radius 1 is 1.43 bits per heavy atom. The molecule has 1 aliphatic rings. The van der Waals surface area contributed by atoms with E-state index < -0.39 is 0 Å². The summed E-state index contributed by atoms with van der Waals surface area (Å²) in [5.41, 5.74) is 0. The quantitative estimate of drug-likeness (QED) is 0.506. The van der Waals surface area contributed by atoms with E-state index >= 15 is 0 Å². The molecule has 0 unspecified atom stereocenters. The van der Waals surface area contributed by atoms with Gasteiger partial charge in [0.1, 0.15) is 0 Å². The molecular weight excluding hydrogens is 130 g/mol. The van der Waals surface area contributed by atoms with Crippen LogP contribution >= 0.6 is 16.4 Å². The maximum Gasteiger partial charge on any atom is 0.204 e. The third kappa shape index (κ3) is 1.47. The molecule has 7 heavy (non-hydrogen) atoms. The van der Waals surface area contributed by atoms with Crippen molar-refractivity contribution in [3.63, 3.8) is 0 Å². The van der Waals surface area contributed by atoms with Crippen molar-refractivity contribution in [2.75, 3.05) is 13.2 Å². The van der Waals surface area contributed by atoms with Crippen LogP contribution in [0.1, 0.15) is 0 Å². The maximum absolute atomic E-state index is 5.02. The molecule has 1 saturated heterocycles. The van der Waals surface area contributed by atoms with Crippen molar-refractivity contribution in [1.29, 1.82) is 0 Å². The first kappa shape index (κ1) is 5.65. The van der Waals surface area contributed by atoms with Crippen molar-refractivity contribution in [3.8, 4) is 0 Å². The lowest BCUT2D eigenvalue weighted by Crippen LogP contribution is -1.93. The summed E-state index contributed by atoms with van der Waals surface area (Å²) >= 11 is 0. The normalized spacial score (nSPS) is 24.0. The maximum atomic E-state index is 5.02. The zero-order valence-corrected chi connectivity index (χ0v) is 5.65. The monoisotopic (exact) mass is 136 g/mol. The second kappa shape index (κ2) is 2.74. The van der Waals surface area contributed by atoms with Gasteiger partial charge in [-0.25, -0.2) is 0 Å². The first-order valence-electron chi connectivity index (χ1n) is 2.03.